The van der Waals surface area contributed by atoms with Crippen LogP contribution in [0.4, 0.5) is 0 Å². The highest BCUT2D eigenvalue weighted by molar-refractivity contribution is 7.19. The van der Waals surface area contributed by atoms with Gasteiger partial charge in [0.15, 0.2) is 0 Å². The quantitative estimate of drug-likeness (QED) is 0.108. The van der Waals surface area contributed by atoms with Crippen LogP contribution in [-0.4, -0.2) is 8.07 Å². The van der Waals surface area contributed by atoms with Gasteiger partial charge in [0.05, 0.1) is 4.88 Å². The molecular formula is C31H32SSi. The molecule has 0 saturated carbocycles. The van der Waals surface area contributed by atoms with Crippen molar-refractivity contribution in [1.82, 2.24) is 0 Å². The Hall–Kier alpha value is -2.60. The second-order valence-corrected chi connectivity index (χ2v) is 17.0. The molecule has 0 unspecified atom stereocenters. The van der Waals surface area contributed by atoms with E-state index in [2.05, 4.69) is 120 Å². The molecule has 4 aromatic carbocycles. The number of thiophene rings is 1. The highest BCUT2D eigenvalue weighted by Crippen LogP contribution is 2.41. The summed E-state index contributed by atoms with van der Waals surface area (Å²) in [5.41, 5.74) is 5.87. The summed E-state index contributed by atoms with van der Waals surface area (Å²) < 4.78 is 1.33. The molecule has 1 aromatic heterocycles. The number of rotatable bonds is 3. The summed E-state index contributed by atoms with van der Waals surface area (Å²) in [6.45, 7) is 14.3. The Morgan fingerprint density at radius 2 is 1.21 bits per heavy atom. The summed E-state index contributed by atoms with van der Waals surface area (Å²) in [5, 5.41) is 9.23. The molecule has 166 valence electrons. The summed E-state index contributed by atoms with van der Waals surface area (Å²) in [4.78, 5) is 1.20. The molecule has 0 spiro atoms. The zero-order valence-corrected chi connectivity index (χ0v) is 22.3. The second-order valence-electron chi connectivity index (χ2n) is 10.3. The summed E-state index contributed by atoms with van der Waals surface area (Å²) in [7, 11) is -1.73. The molecule has 0 atom stereocenters. The van der Waals surface area contributed by atoms with Gasteiger partial charge >= 0.3 is 0 Å². The number of hydrogen-bond acceptors (Lipinski definition) is 1. The molecule has 0 fully saturated rings. The third-order valence-corrected chi connectivity index (χ3v) is 15.0. The van der Waals surface area contributed by atoms with Crippen molar-refractivity contribution in [3.8, 4) is 11.5 Å². The van der Waals surface area contributed by atoms with Gasteiger partial charge in [0.2, 0.25) is 0 Å². The van der Waals surface area contributed by atoms with E-state index in [1.54, 1.807) is 0 Å². The van der Waals surface area contributed by atoms with E-state index in [0.717, 1.165) is 0 Å². The summed E-state index contributed by atoms with van der Waals surface area (Å²) >= 11 is 1.84. The van der Waals surface area contributed by atoms with Gasteiger partial charge in [0.1, 0.15) is 8.07 Å². The fourth-order valence-corrected chi connectivity index (χ4v) is 12.3. The van der Waals surface area contributed by atoms with Gasteiger partial charge in [-0.1, -0.05) is 89.9 Å². The van der Waals surface area contributed by atoms with Crippen molar-refractivity contribution in [3.05, 3.63) is 71.6 Å². The van der Waals surface area contributed by atoms with Crippen LogP contribution in [0.3, 0.4) is 0 Å². The third-order valence-electron chi connectivity index (χ3n) is 7.65. The Kier molecular flexibility index (Phi) is 5.59. The second kappa shape index (κ2) is 8.31. The van der Waals surface area contributed by atoms with Crippen LogP contribution in [0.15, 0.2) is 66.7 Å². The van der Waals surface area contributed by atoms with Gasteiger partial charge in [-0.2, -0.15) is 0 Å². The minimum Gasteiger partial charge on any atom is -0.127 e. The van der Waals surface area contributed by atoms with E-state index in [1.807, 2.05) is 11.3 Å². The van der Waals surface area contributed by atoms with Crippen molar-refractivity contribution >= 4 is 61.8 Å². The van der Waals surface area contributed by atoms with Crippen molar-refractivity contribution < 1.29 is 0 Å². The fraction of sp³-hybridized carbons (Fsp3) is 0.290. The van der Waals surface area contributed by atoms with E-state index in [1.165, 1.54) is 47.3 Å². The molecule has 2 heteroatoms. The minimum atomic E-state index is -1.73. The zero-order chi connectivity index (χ0) is 23.3. The topological polar surface area (TPSA) is 0 Å². The van der Waals surface area contributed by atoms with Crippen molar-refractivity contribution in [3.63, 3.8) is 0 Å². The van der Waals surface area contributed by atoms with Crippen LogP contribution in [-0.2, 0) is 0 Å². The number of fused-ring (bicyclic) bond motifs is 6. The predicted octanol–water partition coefficient (Wildman–Crippen LogP) is 9.93. The molecule has 0 aliphatic heterocycles. The molecular weight excluding hydrogens is 432 g/mol. The first kappa shape index (κ1) is 22.2. The van der Waals surface area contributed by atoms with E-state index in [9.17, 15) is 0 Å². The summed E-state index contributed by atoms with van der Waals surface area (Å²) in [5.74, 6) is 3.68. The molecule has 0 nitrogen and oxygen atoms in total. The van der Waals surface area contributed by atoms with Crippen LogP contribution in [0.1, 0.15) is 46.4 Å². The minimum absolute atomic E-state index is 0.654. The van der Waals surface area contributed by atoms with Gasteiger partial charge in [0.25, 0.3) is 0 Å². The standard InChI is InChI=1S/C31H32SSi/c1-20(2)33(21(3)4,22(5)6)16-15-26-19-30-28-12-11-25-17-23-9-7-8-10-24(23)18-29(25)27(28)13-14-31(30)32-26/h7-14,17-22H,1-6H3. The van der Waals surface area contributed by atoms with Gasteiger partial charge < -0.3 is 0 Å². The Labute approximate surface area is 202 Å². The monoisotopic (exact) mass is 464 g/mol. The summed E-state index contributed by atoms with van der Waals surface area (Å²) in [6.07, 6.45) is 0. The highest BCUT2D eigenvalue weighted by Gasteiger charge is 2.41. The lowest BCUT2D eigenvalue weighted by molar-refractivity contribution is 0.838. The van der Waals surface area contributed by atoms with E-state index in [4.69, 9.17) is 0 Å². The van der Waals surface area contributed by atoms with Crippen molar-refractivity contribution in [2.45, 2.75) is 58.2 Å². The van der Waals surface area contributed by atoms with Crippen molar-refractivity contribution in [1.29, 1.82) is 0 Å². The molecule has 33 heavy (non-hydrogen) atoms. The molecule has 5 aromatic rings. The van der Waals surface area contributed by atoms with Crippen LogP contribution in [0.2, 0.25) is 16.6 Å². The van der Waals surface area contributed by atoms with E-state index < -0.39 is 8.07 Å². The third kappa shape index (κ3) is 3.59. The molecule has 0 aliphatic rings. The lowest BCUT2D eigenvalue weighted by Crippen LogP contribution is -2.43. The SMILES string of the molecule is CC(C)[Si](C#Cc1cc2c(ccc3c4cc5ccccc5cc4ccc23)s1)(C(C)C)C(C)C. The zero-order valence-electron chi connectivity index (χ0n) is 20.5. The lowest BCUT2D eigenvalue weighted by Gasteiger charge is -2.38. The van der Waals surface area contributed by atoms with Crippen LogP contribution in [0.25, 0.3) is 42.4 Å². The molecule has 0 aliphatic carbocycles. The first-order valence-electron chi connectivity index (χ1n) is 12.1. The van der Waals surface area contributed by atoms with Crippen molar-refractivity contribution in [2.75, 3.05) is 0 Å². The normalized spacial score (nSPS) is 12.5. The average molecular weight is 465 g/mol. The van der Waals surface area contributed by atoms with Crippen LogP contribution in [0, 0.1) is 11.5 Å². The van der Waals surface area contributed by atoms with Gasteiger partial charge in [-0.15, -0.1) is 16.9 Å². The van der Waals surface area contributed by atoms with Gasteiger partial charge in [-0.25, -0.2) is 0 Å². The van der Waals surface area contributed by atoms with Crippen LogP contribution >= 0.6 is 11.3 Å². The molecule has 0 bridgehead atoms. The van der Waals surface area contributed by atoms with Gasteiger partial charge in [-0.3, -0.25) is 0 Å². The van der Waals surface area contributed by atoms with Gasteiger partial charge in [-0.05, 0) is 73.2 Å². The maximum atomic E-state index is 3.91. The average Bonchev–Trinajstić information content (AvgIpc) is 3.20. The maximum Gasteiger partial charge on any atom is 0.146 e. The molecule has 0 radical (unpaired) electrons. The van der Waals surface area contributed by atoms with Crippen LogP contribution in [0.5, 0.6) is 0 Å². The lowest BCUT2D eigenvalue weighted by atomic mass is 9.97. The smallest absolute Gasteiger partial charge is 0.127 e. The highest BCUT2D eigenvalue weighted by atomic mass is 32.1. The Balaban J connectivity index is 1.69. The van der Waals surface area contributed by atoms with E-state index >= 15 is 0 Å². The predicted molar refractivity (Wildman–Crippen MR) is 152 cm³/mol. The number of hydrogen-bond donors (Lipinski definition) is 0. The molecule has 0 N–H and O–H groups in total. The largest absolute Gasteiger partial charge is 0.146 e. The molecule has 0 saturated heterocycles. The summed E-state index contributed by atoms with van der Waals surface area (Å²) in [6, 6.07) is 24.8. The fourth-order valence-electron chi connectivity index (χ4n) is 6.01. The van der Waals surface area contributed by atoms with E-state index in [-0.39, 0.29) is 0 Å². The first-order chi connectivity index (χ1) is 15.8. The number of benzene rings is 4. The Morgan fingerprint density at radius 1 is 0.606 bits per heavy atom. The molecule has 0 amide bonds. The Bertz CT molecular complexity index is 1530. The molecule has 1 heterocycles. The maximum absolute atomic E-state index is 3.91. The van der Waals surface area contributed by atoms with E-state index in [0.29, 0.717) is 16.6 Å². The van der Waals surface area contributed by atoms with Crippen LogP contribution < -0.4 is 0 Å². The van der Waals surface area contributed by atoms with Crippen molar-refractivity contribution in [2.24, 2.45) is 0 Å². The molecule has 5 rings (SSSR count). The Morgan fingerprint density at radius 3 is 1.88 bits per heavy atom. The first-order valence-corrected chi connectivity index (χ1v) is 15.2. The van der Waals surface area contributed by atoms with Gasteiger partial charge in [0, 0.05) is 10.1 Å².